The van der Waals surface area contributed by atoms with Crippen molar-refractivity contribution in [3.63, 3.8) is 0 Å². The number of nitrogens with two attached hydrogens (primary N) is 1. The first-order valence-corrected chi connectivity index (χ1v) is 7.65. The van der Waals surface area contributed by atoms with Gasteiger partial charge in [0, 0.05) is 22.7 Å². The Labute approximate surface area is 134 Å². The molecule has 1 aromatic heterocycles. The number of aromatic nitrogens is 1. The quantitative estimate of drug-likeness (QED) is 0.768. The molecule has 2 aromatic carbocycles. The summed E-state index contributed by atoms with van der Waals surface area (Å²) >= 11 is 0. The van der Waals surface area contributed by atoms with Gasteiger partial charge < -0.3 is 10.7 Å². The maximum Gasteiger partial charge on any atom is 0.253 e. The Morgan fingerprint density at radius 2 is 1.87 bits per heavy atom. The second-order valence-corrected chi connectivity index (χ2v) is 6.10. The Balaban J connectivity index is 2.07. The molecule has 3 nitrogen and oxygen atoms in total. The van der Waals surface area contributed by atoms with E-state index < -0.39 is 0 Å². The SMILES string of the molecule is CC(C)C(N)c1ccc(-c2ccc3cccc(F)c3c2)[nH]c1=O. The molecule has 0 saturated heterocycles. The number of rotatable bonds is 3. The number of aromatic amines is 1. The molecule has 4 heteroatoms. The van der Waals surface area contributed by atoms with Crippen LogP contribution in [-0.4, -0.2) is 4.98 Å². The minimum Gasteiger partial charge on any atom is -0.324 e. The molecule has 0 radical (unpaired) electrons. The summed E-state index contributed by atoms with van der Waals surface area (Å²) in [5.41, 5.74) is 7.84. The molecule has 3 rings (SSSR count). The molecule has 3 N–H and O–H groups in total. The van der Waals surface area contributed by atoms with Crippen molar-refractivity contribution in [2.45, 2.75) is 19.9 Å². The lowest BCUT2D eigenvalue weighted by Crippen LogP contribution is -2.25. The number of hydrogen-bond acceptors (Lipinski definition) is 2. The van der Waals surface area contributed by atoms with Gasteiger partial charge in [-0.2, -0.15) is 0 Å². The highest BCUT2D eigenvalue weighted by atomic mass is 19.1. The lowest BCUT2D eigenvalue weighted by Gasteiger charge is -2.15. The Kier molecular flexibility index (Phi) is 4.01. The van der Waals surface area contributed by atoms with Crippen LogP contribution < -0.4 is 11.3 Å². The van der Waals surface area contributed by atoms with Crippen molar-refractivity contribution in [1.29, 1.82) is 0 Å². The van der Waals surface area contributed by atoms with Gasteiger partial charge >= 0.3 is 0 Å². The van der Waals surface area contributed by atoms with E-state index in [-0.39, 0.29) is 23.3 Å². The number of halogens is 1. The standard InChI is InChI=1S/C19H19FN2O/c1-11(2)18(21)14-8-9-17(22-19(14)23)13-7-6-12-4-3-5-16(20)15(12)10-13/h3-11,18H,21H2,1-2H3,(H,22,23). The van der Waals surface area contributed by atoms with Crippen LogP contribution in [-0.2, 0) is 0 Å². The lowest BCUT2D eigenvalue weighted by molar-refractivity contribution is 0.510. The smallest absolute Gasteiger partial charge is 0.253 e. The van der Waals surface area contributed by atoms with E-state index in [0.717, 1.165) is 10.9 Å². The van der Waals surface area contributed by atoms with E-state index in [4.69, 9.17) is 5.73 Å². The molecule has 118 valence electrons. The summed E-state index contributed by atoms with van der Waals surface area (Å²) < 4.78 is 13.9. The second kappa shape index (κ2) is 5.97. The number of nitrogens with one attached hydrogen (secondary N) is 1. The zero-order valence-corrected chi connectivity index (χ0v) is 13.1. The van der Waals surface area contributed by atoms with Crippen LogP contribution in [0.15, 0.2) is 53.3 Å². The molecule has 1 heterocycles. The third-order valence-electron chi connectivity index (χ3n) is 4.16. The molecule has 1 unspecified atom stereocenters. The van der Waals surface area contributed by atoms with E-state index in [1.807, 2.05) is 38.1 Å². The Bertz CT molecular complexity index is 915. The molecule has 0 saturated carbocycles. The first-order chi connectivity index (χ1) is 11.0. The highest BCUT2D eigenvalue weighted by Gasteiger charge is 2.14. The van der Waals surface area contributed by atoms with E-state index in [9.17, 15) is 9.18 Å². The number of pyridine rings is 1. The van der Waals surface area contributed by atoms with Crippen LogP contribution >= 0.6 is 0 Å². The van der Waals surface area contributed by atoms with Gasteiger partial charge in [-0.1, -0.05) is 38.1 Å². The minimum absolute atomic E-state index is 0.178. The maximum absolute atomic E-state index is 13.9. The average Bonchev–Trinajstić information content (AvgIpc) is 2.54. The summed E-state index contributed by atoms with van der Waals surface area (Å²) in [6.07, 6.45) is 0. The first kappa shape index (κ1) is 15.4. The monoisotopic (exact) mass is 310 g/mol. The number of fused-ring (bicyclic) bond motifs is 1. The zero-order valence-electron chi connectivity index (χ0n) is 13.1. The molecule has 0 amide bonds. The molecule has 23 heavy (non-hydrogen) atoms. The van der Waals surface area contributed by atoms with Crippen molar-refractivity contribution in [2.75, 3.05) is 0 Å². The maximum atomic E-state index is 13.9. The van der Waals surface area contributed by atoms with Crippen LogP contribution in [0.25, 0.3) is 22.0 Å². The fourth-order valence-corrected chi connectivity index (χ4v) is 2.68. The number of H-pyrrole nitrogens is 1. The van der Waals surface area contributed by atoms with Gasteiger partial charge in [0.2, 0.25) is 0 Å². The van der Waals surface area contributed by atoms with Gasteiger partial charge in [0.25, 0.3) is 5.56 Å². The fourth-order valence-electron chi connectivity index (χ4n) is 2.68. The fraction of sp³-hybridized carbons (Fsp3) is 0.211. The van der Waals surface area contributed by atoms with Crippen LogP contribution in [0.4, 0.5) is 4.39 Å². The van der Waals surface area contributed by atoms with Gasteiger partial charge in [-0.05, 0) is 41.1 Å². The van der Waals surface area contributed by atoms with Crippen LogP contribution in [0.2, 0.25) is 0 Å². The van der Waals surface area contributed by atoms with Crippen molar-refractivity contribution < 1.29 is 4.39 Å². The third kappa shape index (κ3) is 2.90. The molecule has 0 aliphatic carbocycles. The molecular formula is C19H19FN2O. The van der Waals surface area contributed by atoms with Gasteiger partial charge in [0.1, 0.15) is 5.82 Å². The van der Waals surface area contributed by atoms with Crippen LogP contribution in [0.3, 0.4) is 0 Å². The zero-order chi connectivity index (χ0) is 16.6. The van der Waals surface area contributed by atoms with E-state index in [2.05, 4.69) is 4.98 Å². The predicted molar refractivity (Wildman–Crippen MR) is 91.7 cm³/mol. The van der Waals surface area contributed by atoms with E-state index in [0.29, 0.717) is 16.6 Å². The summed E-state index contributed by atoms with van der Waals surface area (Å²) in [6, 6.07) is 13.7. The first-order valence-electron chi connectivity index (χ1n) is 7.65. The molecule has 0 aliphatic heterocycles. The highest BCUT2D eigenvalue weighted by Crippen LogP contribution is 2.25. The molecule has 0 aliphatic rings. The van der Waals surface area contributed by atoms with Crippen LogP contribution in [0.5, 0.6) is 0 Å². The van der Waals surface area contributed by atoms with E-state index >= 15 is 0 Å². The average molecular weight is 310 g/mol. The van der Waals surface area contributed by atoms with Gasteiger partial charge in [0.15, 0.2) is 0 Å². The van der Waals surface area contributed by atoms with Crippen molar-refractivity contribution in [1.82, 2.24) is 4.98 Å². The lowest BCUT2D eigenvalue weighted by atomic mass is 9.97. The Hall–Kier alpha value is -2.46. The van der Waals surface area contributed by atoms with Crippen LogP contribution in [0, 0.1) is 11.7 Å². The largest absolute Gasteiger partial charge is 0.324 e. The number of benzene rings is 2. The van der Waals surface area contributed by atoms with Gasteiger partial charge in [-0.25, -0.2) is 4.39 Å². The minimum atomic E-state index is -0.304. The summed E-state index contributed by atoms with van der Waals surface area (Å²) in [7, 11) is 0. The summed E-state index contributed by atoms with van der Waals surface area (Å²) in [4.78, 5) is 15.1. The highest BCUT2D eigenvalue weighted by molar-refractivity contribution is 5.87. The molecule has 0 spiro atoms. The molecule has 0 fully saturated rings. The van der Waals surface area contributed by atoms with Crippen molar-refractivity contribution in [3.05, 3.63) is 70.3 Å². The van der Waals surface area contributed by atoms with Gasteiger partial charge in [-0.15, -0.1) is 0 Å². The van der Waals surface area contributed by atoms with Gasteiger partial charge in [-0.3, -0.25) is 4.79 Å². The van der Waals surface area contributed by atoms with Crippen molar-refractivity contribution in [2.24, 2.45) is 11.7 Å². The molecule has 1 atom stereocenters. The van der Waals surface area contributed by atoms with Crippen LogP contribution in [0.1, 0.15) is 25.5 Å². The Morgan fingerprint density at radius 3 is 2.57 bits per heavy atom. The molecular weight excluding hydrogens is 291 g/mol. The van der Waals surface area contributed by atoms with Crippen molar-refractivity contribution in [3.8, 4) is 11.3 Å². The summed E-state index contributed by atoms with van der Waals surface area (Å²) in [5, 5.41) is 1.36. The third-order valence-corrected chi connectivity index (χ3v) is 4.16. The predicted octanol–water partition coefficient (Wildman–Crippen LogP) is 3.99. The van der Waals surface area contributed by atoms with Crippen molar-refractivity contribution >= 4 is 10.8 Å². The van der Waals surface area contributed by atoms with E-state index in [1.54, 1.807) is 18.2 Å². The van der Waals surface area contributed by atoms with E-state index in [1.165, 1.54) is 6.07 Å². The second-order valence-electron chi connectivity index (χ2n) is 6.10. The summed E-state index contributed by atoms with van der Waals surface area (Å²) in [5.74, 6) is -0.0955. The topological polar surface area (TPSA) is 58.9 Å². The van der Waals surface area contributed by atoms with Gasteiger partial charge in [0.05, 0.1) is 0 Å². The number of hydrogen-bond donors (Lipinski definition) is 2. The normalized spacial score (nSPS) is 12.7. The Morgan fingerprint density at radius 1 is 1.09 bits per heavy atom. The molecule has 0 bridgehead atoms. The summed E-state index contributed by atoms with van der Waals surface area (Å²) in [6.45, 7) is 3.95. The molecule has 3 aromatic rings.